The zero-order valence-electron chi connectivity index (χ0n) is 10.4. The fourth-order valence-corrected chi connectivity index (χ4v) is 2.33. The summed E-state index contributed by atoms with van der Waals surface area (Å²) in [6.07, 6.45) is 2.46. The Balaban J connectivity index is 1.91. The number of rotatable bonds is 3. The van der Waals surface area contributed by atoms with E-state index in [1.54, 1.807) is 6.07 Å². The van der Waals surface area contributed by atoms with Gasteiger partial charge in [-0.25, -0.2) is 0 Å². The maximum absolute atomic E-state index is 11.9. The molecular weight excluding hydrogens is 248 g/mol. The lowest BCUT2D eigenvalue weighted by atomic mass is 9.86. The molecule has 6 nitrogen and oxygen atoms in total. The van der Waals surface area contributed by atoms with E-state index in [1.165, 1.54) is 12.1 Å². The molecule has 0 saturated heterocycles. The highest BCUT2D eigenvalue weighted by molar-refractivity contribution is 5.92. The van der Waals surface area contributed by atoms with Crippen LogP contribution >= 0.6 is 0 Å². The van der Waals surface area contributed by atoms with E-state index in [0.717, 1.165) is 0 Å². The summed E-state index contributed by atoms with van der Waals surface area (Å²) in [6.45, 7) is 0. The van der Waals surface area contributed by atoms with Crippen molar-refractivity contribution in [1.29, 1.82) is 0 Å². The Kier molecular flexibility index (Phi) is 3.99. The first-order chi connectivity index (χ1) is 9.06. The third-order valence-corrected chi connectivity index (χ3v) is 3.42. The Bertz CT molecular complexity index is 529. The van der Waals surface area contributed by atoms with Crippen molar-refractivity contribution >= 4 is 11.9 Å². The van der Waals surface area contributed by atoms with Crippen LogP contribution in [0.2, 0.25) is 0 Å². The molecule has 1 amide bonds. The fourth-order valence-electron chi connectivity index (χ4n) is 2.33. The smallest absolute Gasteiger partial charge is 0.306 e. The molecular formula is C13H16N2O4. The van der Waals surface area contributed by atoms with Gasteiger partial charge >= 0.3 is 5.97 Å². The summed E-state index contributed by atoms with van der Waals surface area (Å²) in [5, 5.41) is 11.7. The number of H-pyrrole nitrogens is 1. The Labute approximate surface area is 109 Å². The van der Waals surface area contributed by atoms with E-state index in [-0.39, 0.29) is 29.1 Å². The number of pyridine rings is 1. The number of amides is 1. The molecule has 0 aromatic carbocycles. The number of nitrogens with one attached hydrogen (secondary N) is 2. The molecule has 1 aliphatic carbocycles. The van der Waals surface area contributed by atoms with E-state index in [1.807, 2.05) is 0 Å². The van der Waals surface area contributed by atoms with Crippen LogP contribution in [0.25, 0.3) is 0 Å². The first-order valence-corrected chi connectivity index (χ1v) is 6.29. The molecule has 1 aromatic heterocycles. The Hall–Kier alpha value is -2.11. The molecule has 1 aliphatic rings. The molecule has 0 unspecified atom stereocenters. The predicted molar refractivity (Wildman–Crippen MR) is 67.9 cm³/mol. The number of hydrogen-bond donors (Lipinski definition) is 3. The second kappa shape index (κ2) is 5.69. The third-order valence-electron chi connectivity index (χ3n) is 3.42. The molecule has 19 heavy (non-hydrogen) atoms. The number of carbonyl (C=O) groups excluding carboxylic acids is 1. The molecule has 2 rings (SSSR count). The summed E-state index contributed by atoms with van der Waals surface area (Å²) >= 11 is 0. The van der Waals surface area contributed by atoms with Crippen molar-refractivity contribution in [3.8, 4) is 0 Å². The zero-order chi connectivity index (χ0) is 13.8. The van der Waals surface area contributed by atoms with Gasteiger partial charge in [0, 0.05) is 12.1 Å². The normalized spacial score (nSPS) is 22.7. The van der Waals surface area contributed by atoms with Crippen LogP contribution in [-0.2, 0) is 4.79 Å². The van der Waals surface area contributed by atoms with Crippen LogP contribution in [0.5, 0.6) is 0 Å². The van der Waals surface area contributed by atoms with Crippen LogP contribution in [0.1, 0.15) is 36.2 Å². The molecule has 6 heteroatoms. The Morgan fingerprint density at radius 2 is 1.89 bits per heavy atom. The van der Waals surface area contributed by atoms with Gasteiger partial charge in [0.1, 0.15) is 5.69 Å². The number of aromatic amines is 1. The minimum atomic E-state index is -0.767. The van der Waals surface area contributed by atoms with Gasteiger partial charge in [-0.1, -0.05) is 6.07 Å². The lowest BCUT2D eigenvalue weighted by molar-refractivity contribution is -0.142. The molecule has 0 spiro atoms. The van der Waals surface area contributed by atoms with Gasteiger partial charge in [-0.2, -0.15) is 0 Å². The number of carboxylic acids is 1. The molecule has 0 bridgehead atoms. The summed E-state index contributed by atoms with van der Waals surface area (Å²) in [7, 11) is 0. The molecule has 0 radical (unpaired) electrons. The highest BCUT2D eigenvalue weighted by atomic mass is 16.4. The van der Waals surface area contributed by atoms with Crippen LogP contribution in [0.3, 0.4) is 0 Å². The van der Waals surface area contributed by atoms with Crippen molar-refractivity contribution in [3.63, 3.8) is 0 Å². The van der Waals surface area contributed by atoms with Crippen molar-refractivity contribution < 1.29 is 14.7 Å². The average Bonchev–Trinajstić information content (AvgIpc) is 2.39. The fraction of sp³-hybridized carbons (Fsp3) is 0.462. The van der Waals surface area contributed by atoms with Gasteiger partial charge in [-0.15, -0.1) is 0 Å². The summed E-state index contributed by atoms with van der Waals surface area (Å²) in [5.41, 5.74) is -0.0879. The number of hydrogen-bond acceptors (Lipinski definition) is 3. The molecule has 3 N–H and O–H groups in total. The van der Waals surface area contributed by atoms with Crippen molar-refractivity contribution in [1.82, 2.24) is 10.3 Å². The van der Waals surface area contributed by atoms with Crippen LogP contribution in [0, 0.1) is 5.92 Å². The highest BCUT2D eigenvalue weighted by Crippen LogP contribution is 2.24. The van der Waals surface area contributed by atoms with Gasteiger partial charge in [0.15, 0.2) is 0 Å². The SMILES string of the molecule is O=C(NC1CCC(C(=O)O)CC1)c1cccc(=O)[nH]1. The monoisotopic (exact) mass is 264 g/mol. The van der Waals surface area contributed by atoms with Crippen LogP contribution in [-0.4, -0.2) is 28.0 Å². The van der Waals surface area contributed by atoms with Gasteiger partial charge in [0.25, 0.3) is 5.91 Å². The number of carbonyl (C=O) groups is 2. The van der Waals surface area contributed by atoms with Gasteiger partial charge < -0.3 is 15.4 Å². The van der Waals surface area contributed by atoms with Crippen LogP contribution in [0.4, 0.5) is 0 Å². The van der Waals surface area contributed by atoms with Gasteiger partial charge in [0.2, 0.25) is 5.56 Å². The minimum absolute atomic E-state index is 0.0215. The lowest BCUT2D eigenvalue weighted by Gasteiger charge is -2.26. The van der Waals surface area contributed by atoms with Gasteiger partial charge in [-0.05, 0) is 31.7 Å². The van der Waals surface area contributed by atoms with E-state index >= 15 is 0 Å². The Morgan fingerprint density at radius 1 is 1.21 bits per heavy atom. The predicted octanol–water partition coefficient (Wildman–Crippen LogP) is 0.748. The number of carboxylic acid groups (broad SMARTS) is 1. The first-order valence-electron chi connectivity index (χ1n) is 6.29. The standard InChI is InChI=1S/C13H16N2O4/c16-11-3-1-2-10(15-11)12(17)14-9-6-4-8(5-7-9)13(18)19/h1-3,8-9H,4-7H2,(H,14,17)(H,15,16)(H,18,19). The topological polar surface area (TPSA) is 99.3 Å². The van der Waals surface area contributed by atoms with Crippen molar-refractivity contribution in [2.75, 3.05) is 0 Å². The quantitative estimate of drug-likeness (QED) is 0.750. The summed E-state index contributed by atoms with van der Waals surface area (Å²) in [6, 6.07) is 4.38. The largest absolute Gasteiger partial charge is 0.481 e. The van der Waals surface area contributed by atoms with Crippen LogP contribution < -0.4 is 10.9 Å². The van der Waals surface area contributed by atoms with E-state index < -0.39 is 5.97 Å². The van der Waals surface area contributed by atoms with Gasteiger partial charge in [0.05, 0.1) is 5.92 Å². The molecule has 1 fully saturated rings. The van der Waals surface area contributed by atoms with E-state index in [9.17, 15) is 14.4 Å². The number of aromatic nitrogens is 1. The second-order valence-electron chi connectivity index (χ2n) is 4.79. The van der Waals surface area contributed by atoms with Crippen molar-refractivity contribution in [2.45, 2.75) is 31.7 Å². The van der Waals surface area contributed by atoms with Crippen molar-refractivity contribution in [3.05, 3.63) is 34.2 Å². The maximum atomic E-state index is 11.9. The highest BCUT2D eigenvalue weighted by Gasteiger charge is 2.26. The van der Waals surface area contributed by atoms with E-state index in [4.69, 9.17) is 5.11 Å². The summed E-state index contributed by atoms with van der Waals surface area (Å²) in [5.74, 6) is -1.39. The molecule has 102 valence electrons. The van der Waals surface area contributed by atoms with E-state index in [0.29, 0.717) is 25.7 Å². The summed E-state index contributed by atoms with van der Waals surface area (Å²) in [4.78, 5) is 36.3. The maximum Gasteiger partial charge on any atom is 0.306 e. The van der Waals surface area contributed by atoms with Crippen molar-refractivity contribution in [2.24, 2.45) is 5.92 Å². The molecule has 0 aliphatic heterocycles. The molecule has 1 heterocycles. The molecule has 1 saturated carbocycles. The zero-order valence-corrected chi connectivity index (χ0v) is 10.4. The third kappa shape index (κ3) is 3.43. The average molecular weight is 264 g/mol. The molecule has 0 atom stereocenters. The first kappa shape index (κ1) is 13.3. The molecule has 1 aromatic rings. The summed E-state index contributed by atoms with van der Waals surface area (Å²) < 4.78 is 0. The second-order valence-corrected chi connectivity index (χ2v) is 4.79. The Morgan fingerprint density at radius 3 is 2.47 bits per heavy atom. The van der Waals surface area contributed by atoms with Crippen LogP contribution in [0.15, 0.2) is 23.0 Å². The number of aliphatic carboxylic acids is 1. The lowest BCUT2D eigenvalue weighted by Crippen LogP contribution is -2.39. The minimum Gasteiger partial charge on any atom is -0.481 e. The van der Waals surface area contributed by atoms with E-state index in [2.05, 4.69) is 10.3 Å². The van der Waals surface area contributed by atoms with Gasteiger partial charge in [-0.3, -0.25) is 14.4 Å².